The molecule has 2 rings (SSSR count). The van der Waals surface area contributed by atoms with Crippen molar-refractivity contribution in [1.29, 1.82) is 0 Å². The van der Waals surface area contributed by atoms with Crippen LogP contribution in [0.1, 0.15) is 16.8 Å². The largest absolute Gasteiger partial charge is 0.366 e. The van der Waals surface area contributed by atoms with E-state index < -0.39 is 0 Å². The smallest absolute Gasteiger partial charge is 0.224 e. The van der Waals surface area contributed by atoms with Gasteiger partial charge in [-0.3, -0.25) is 0 Å². The molecule has 94 valence electrons. The fourth-order valence-electron chi connectivity index (χ4n) is 1.60. The second-order valence-electron chi connectivity index (χ2n) is 4.04. The number of hydrogen-bond acceptors (Lipinski definition) is 3. The maximum atomic E-state index is 13.0. The van der Waals surface area contributed by atoms with Crippen molar-refractivity contribution >= 4 is 17.4 Å². The minimum atomic E-state index is -0.247. The first kappa shape index (κ1) is 12.8. The van der Waals surface area contributed by atoms with Crippen LogP contribution in [0.5, 0.6) is 0 Å². The molecule has 0 saturated carbocycles. The Kier molecular flexibility index (Phi) is 3.77. The predicted molar refractivity (Wildman–Crippen MR) is 70.2 cm³/mol. The lowest BCUT2D eigenvalue weighted by atomic mass is 10.2. The zero-order valence-electron chi connectivity index (χ0n) is 10.2. The lowest BCUT2D eigenvalue weighted by molar-refractivity contribution is 0.626. The van der Waals surface area contributed by atoms with Crippen LogP contribution >= 0.6 is 11.6 Å². The SMILES string of the molecule is Cc1nc(Cl)nc(NCc2cccc(F)c2)c1C. The maximum absolute atomic E-state index is 13.0. The molecular weight excluding hydrogens is 253 g/mol. The Bertz CT molecular complexity index is 572. The van der Waals surface area contributed by atoms with Gasteiger partial charge in [0.15, 0.2) is 0 Å². The first-order chi connectivity index (χ1) is 8.56. The van der Waals surface area contributed by atoms with E-state index in [0.29, 0.717) is 12.4 Å². The van der Waals surface area contributed by atoms with E-state index in [9.17, 15) is 4.39 Å². The van der Waals surface area contributed by atoms with Gasteiger partial charge in [-0.15, -0.1) is 0 Å². The molecule has 1 N–H and O–H groups in total. The summed E-state index contributed by atoms with van der Waals surface area (Å²) >= 11 is 5.81. The molecule has 0 saturated heterocycles. The van der Waals surface area contributed by atoms with Gasteiger partial charge >= 0.3 is 0 Å². The summed E-state index contributed by atoms with van der Waals surface area (Å²) in [5, 5.41) is 3.34. The third-order valence-corrected chi connectivity index (χ3v) is 2.88. The van der Waals surface area contributed by atoms with Crippen LogP contribution in [0.25, 0.3) is 0 Å². The highest BCUT2D eigenvalue weighted by molar-refractivity contribution is 6.28. The zero-order valence-corrected chi connectivity index (χ0v) is 10.9. The lowest BCUT2D eigenvalue weighted by Gasteiger charge is -2.10. The number of anilines is 1. The summed E-state index contributed by atoms with van der Waals surface area (Å²) in [7, 11) is 0. The van der Waals surface area contributed by atoms with Crippen LogP contribution < -0.4 is 5.32 Å². The Balaban J connectivity index is 2.15. The standard InChI is InChI=1S/C13H13ClFN3/c1-8-9(2)17-13(14)18-12(8)16-7-10-4-3-5-11(15)6-10/h3-6H,7H2,1-2H3,(H,16,17,18). The number of nitrogens with one attached hydrogen (secondary N) is 1. The molecular formula is C13H13ClFN3. The van der Waals surface area contributed by atoms with Gasteiger partial charge < -0.3 is 5.32 Å². The summed E-state index contributed by atoms with van der Waals surface area (Å²) in [6.07, 6.45) is 0. The number of aryl methyl sites for hydroxylation is 1. The van der Waals surface area contributed by atoms with Crippen molar-refractivity contribution in [1.82, 2.24) is 9.97 Å². The van der Waals surface area contributed by atoms with E-state index in [-0.39, 0.29) is 11.1 Å². The Morgan fingerprint density at radius 3 is 2.78 bits per heavy atom. The molecule has 5 heteroatoms. The average Bonchev–Trinajstić information content (AvgIpc) is 2.32. The van der Waals surface area contributed by atoms with E-state index in [0.717, 1.165) is 16.8 Å². The van der Waals surface area contributed by atoms with Crippen LogP contribution in [-0.2, 0) is 6.54 Å². The first-order valence-electron chi connectivity index (χ1n) is 5.55. The van der Waals surface area contributed by atoms with Gasteiger partial charge in [-0.25, -0.2) is 14.4 Å². The molecule has 0 radical (unpaired) electrons. The van der Waals surface area contributed by atoms with Gasteiger partial charge in [0.05, 0.1) is 0 Å². The van der Waals surface area contributed by atoms with E-state index in [2.05, 4.69) is 15.3 Å². The van der Waals surface area contributed by atoms with Crippen LogP contribution in [-0.4, -0.2) is 9.97 Å². The van der Waals surface area contributed by atoms with E-state index in [4.69, 9.17) is 11.6 Å². The Morgan fingerprint density at radius 2 is 2.06 bits per heavy atom. The molecule has 0 amide bonds. The fraction of sp³-hybridized carbons (Fsp3) is 0.231. The molecule has 0 unspecified atom stereocenters. The molecule has 0 aliphatic rings. The van der Waals surface area contributed by atoms with E-state index in [1.165, 1.54) is 12.1 Å². The monoisotopic (exact) mass is 265 g/mol. The second kappa shape index (κ2) is 5.31. The van der Waals surface area contributed by atoms with Crippen molar-refractivity contribution in [3.63, 3.8) is 0 Å². The highest BCUT2D eigenvalue weighted by Crippen LogP contribution is 2.18. The molecule has 18 heavy (non-hydrogen) atoms. The fourth-order valence-corrected chi connectivity index (χ4v) is 1.81. The summed E-state index contributed by atoms with van der Waals surface area (Å²) < 4.78 is 13.0. The molecule has 0 fully saturated rings. The summed E-state index contributed by atoms with van der Waals surface area (Å²) in [5.41, 5.74) is 2.62. The zero-order chi connectivity index (χ0) is 13.1. The quantitative estimate of drug-likeness (QED) is 0.863. The van der Waals surface area contributed by atoms with Crippen molar-refractivity contribution in [2.45, 2.75) is 20.4 Å². The minimum absolute atomic E-state index is 0.208. The van der Waals surface area contributed by atoms with Crippen LogP contribution in [0.15, 0.2) is 24.3 Å². The second-order valence-corrected chi connectivity index (χ2v) is 4.37. The summed E-state index contributed by atoms with van der Waals surface area (Å²) in [5.74, 6) is 0.430. The van der Waals surface area contributed by atoms with Gasteiger partial charge in [0.25, 0.3) is 0 Å². The van der Waals surface area contributed by atoms with E-state index >= 15 is 0 Å². The molecule has 1 aromatic carbocycles. The van der Waals surface area contributed by atoms with Gasteiger partial charge in [0.1, 0.15) is 11.6 Å². The highest BCUT2D eigenvalue weighted by atomic mass is 35.5. The van der Waals surface area contributed by atoms with Crippen LogP contribution in [0.3, 0.4) is 0 Å². The molecule has 0 spiro atoms. The van der Waals surface area contributed by atoms with Gasteiger partial charge in [0.2, 0.25) is 5.28 Å². The Morgan fingerprint density at radius 1 is 1.28 bits per heavy atom. The van der Waals surface area contributed by atoms with E-state index in [1.54, 1.807) is 6.07 Å². The number of halogens is 2. The van der Waals surface area contributed by atoms with Crippen LogP contribution in [0, 0.1) is 19.7 Å². The first-order valence-corrected chi connectivity index (χ1v) is 5.93. The Hall–Kier alpha value is -1.68. The number of aromatic nitrogens is 2. The number of benzene rings is 1. The molecule has 2 aromatic rings. The van der Waals surface area contributed by atoms with Crippen LogP contribution in [0.4, 0.5) is 10.2 Å². The van der Waals surface area contributed by atoms with E-state index in [1.807, 2.05) is 19.9 Å². The van der Waals surface area contributed by atoms with Gasteiger partial charge in [-0.1, -0.05) is 12.1 Å². The molecule has 0 aliphatic heterocycles. The summed E-state index contributed by atoms with van der Waals surface area (Å²) in [6.45, 7) is 4.28. The average molecular weight is 266 g/mol. The number of nitrogens with zero attached hydrogens (tertiary/aromatic N) is 2. The number of rotatable bonds is 3. The van der Waals surface area contributed by atoms with Crippen molar-refractivity contribution in [2.24, 2.45) is 0 Å². The topological polar surface area (TPSA) is 37.8 Å². The molecule has 1 aromatic heterocycles. The van der Waals surface area contributed by atoms with Crippen LogP contribution in [0.2, 0.25) is 5.28 Å². The molecule has 0 aliphatic carbocycles. The highest BCUT2D eigenvalue weighted by Gasteiger charge is 2.06. The molecule has 0 atom stereocenters. The number of hydrogen-bond donors (Lipinski definition) is 1. The summed E-state index contributed by atoms with van der Waals surface area (Å²) in [4.78, 5) is 8.18. The molecule has 3 nitrogen and oxygen atoms in total. The summed E-state index contributed by atoms with van der Waals surface area (Å²) in [6, 6.07) is 6.43. The predicted octanol–water partition coefficient (Wildman–Crippen LogP) is 3.50. The van der Waals surface area contributed by atoms with Gasteiger partial charge in [-0.2, -0.15) is 0 Å². The maximum Gasteiger partial charge on any atom is 0.224 e. The van der Waals surface area contributed by atoms with Gasteiger partial charge in [-0.05, 0) is 43.1 Å². The molecule has 1 heterocycles. The third kappa shape index (κ3) is 2.96. The molecule has 0 bridgehead atoms. The van der Waals surface area contributed by atoms with Crippen molar-refractivity contribution < 1.29 is 4.39 Å². The lowest BCUT2D eigenvalue weighted by Crippen LogP contribution is -2.06. The van der Waals surface area contributed by atoms with Crippen molar-refractivity contribution in [2.75, 3.05) is 5.32 Å². The normalized spacial score (nSPS) is 10.4. The minimum Gasteiger partial charge on any atom is -0.366 e. The van der Waals surface area contributed by atoms with Gasteiger partial charge in [0, 0.05) is 17.8 Å². The van der Waals surface area contributed by atoms with Crippen molar-refractivity contribution in [3.8, 4) is 0 Å². The van der Waals surface area contributed by atoms with Crippen molar-refractivity contribution in [3.05, 3.63) is 52.2 Å². The third-order valence-electron chi connectivity index (χ3n) is 2.71. The Labute approximate surface area is 110 Å².